The molecule has 0 spiro atoms. The van der Waals surface area contributed by atoms with Gasteiger partial charge in [0.1, 0.15) is 12.3 Å². The monoisotopic (exact) mass is 1080 g/mol. The number of esters is 1. The number of nitrogens with one attached hydrogen (secondary N) is 1. The second kappa shape index (κ2) is 24.8. The molecule has 4 saturated carbocycles. The van der Waals surface area contributed by atoms with Gasteiger partial charge in [0.2, 0.25) is 5.78 Å². The van der Waals surface area contributed by atoms with Crippen molar-refractivity contribution in [3.63, 3.8) is 0 Å². The molecule has 11 atom stereocenters. The number of phosphoric acid groups is 1. The Morgan fingerprint density at radius 2 is 1.67 bits per heavy atom. The van der Waals surface area contributed by atoms with Crippen LogP contribution in [0.3, 0.4) is 0 Å². The highest BCUT2D eigenvalue weighted by molar-refractivity contribution is 7.46. The Kier molecular flexibility index (Phi) is 19.1. The molecule has 2 aromatic carbocycles. The summed E-state index contributed by atoms with van der Waals surface area (Å²) in [5, 5.41) is 27.0. The lowest BCUT2D eigenvalue weighted by Gasteiger charge is -2.59. The summed E-state index contributed by atoms with van der Waals surface area (Å²) in [5.41, 5.74) is 0.485. The number of phosphoric ester groups is 1. The number of quaternary nitrogens is 1. The average molecular weight is 1080 g/mol. The smallest absolute Gasteiger partial charge is 0.453 e. The average Bonchev–Trinajstić information content (AvgIpc) is 3.96. The molecule has 1 aliphatic heterocycles. The van der Waals surface area contributed by atoms with Crippen molar-refractivity contribution < 1.29 is 66.9 Å². The standard InChI is InChI=1S/C60H87N2O13P/c1-40(2)55(62(5,6)38-44-33-43(24-27-51(44)75-76(68,69)70)50(65)37-61-30-16-7-8-17-31-71-32-18-15-21-41-19-11-9-12-20-41)56(67)72-39-52(66)60-53(73-57(74-60)42-22-13-10-14-23-42)35-48-47-26-25-45-34-46(63)28-29-58(45,3)54(47)49(64)36-59(48,60)4/h9,11-12,19-20,24,27-29,33-34,40,42,47-50,53-55,57,61,64-65H,7-8,10,13-18,21-23,25-26,30-32,35-39H2,1-6H3,(H-,68,69,70)/p+1/t47?,48?,49?,50?,53-,54?,55?,57+,58-,59-,60+/m0/s1. The molecule has 8 rings (SSSR count). The van der Waals surface area contributed by atoms with Crippen LogP contribution in [0.1, 0.15) is 147 Å². The molecule has 76 heavy (non-hydrogen) atoms. The molecule has 5 aliphatic carbocycles. The van der Waals surface area contributed by atoms with E-state index in [9.17, 15) is 34.2 Å². The van der Waals surface area contributed by atoms with Crippen LogP contribution in [-0.4, -0.2) is 119 Å². The normalized spacial score (nSPS) is 30.2. The summed E-state index contributed by atoms with van der Waals surface area (Å²) < 4.78 is 43.4. The minimum absolute atomic E-state index is 0.0305. The summed E-state index contributed by atoms with van der Waals surface area (Å²) in [4.78, 5) is 62.3. The van der Waals surface area contributed by atoms with Crippen molar-refractivity contribution in [2.75, 3.05) is 47.0 Å². The highest BCUT2D eigenvalue weighted by atomic mass is 31.2. The maximum atomic E-state index is 15.3. The number of likely N-dealkylation sites (N-methyl/N-ethyl adjacent to an activating group) is 1. The van der Waals surface area contributed by atoms with E-state index < -0.39 is 67.5 Å². The molecule has 0 aromatic heterocycles. The van der Waals surface area contributed by atoms with Gasteiger partial charge in [0.05, 0.1) is 32.4 Å². The summed E-state index contributed by atoms with van der Waals surface area (Å²) >= 11 is 0. The molecular weight excluding hydrogens is 988 g/mol. The van der Waals surface area contributed by atoms with E-state index in [1.165, 1.54) is 11.6 Å². The van der Waals surface area contributed by atoms with Crippen LogP contribution in [0.2, 0.25) is 0 Å². The lowest BCUT2D eigenvalue weighted by atomic mass is 9.46. The van der Waals surface area contributed by atoms with Crippen LogP contribution in [0.4, 0.5) is 0 Å². The van der Waals surface area contributed by atoms with E-state index in [0.29, 0.717) is 24.1 Å². The molecule has 0 radical (unpaired) electrons. The molecule has 0 amide bonds. The molecule has 6 unspecified atom stereocenters. The second-order valence-electron chi connectivity index (χ2n) is 24.5. The molecular formula is C60H88N2O13P+. The van der Waals surface area contributed by atoms with E-state index in [-0.39, 0.29) is 70.9 Å². The fourth-order valence-corrected chi connectivity index (χ4v) is 15.5. The molecule has 1 heterocycles. The zero-order chi connectivity index (χ0) is 54.5. The number of carbonyl (C=O) groups excluding carboxylic acids is 3. The zero-order valence-electron chi connectivity index (χ0n) is 46.0. The van der Waals surface area contributed by atoms with Gasteiger partial charge in [0.15, 0.2) is 30.3 Å². The van der Waals surface area contributed by atoms with E-state index in [1.807, 2.05) is 40.1 Å². The number of nitrogens with zero attached hydrogens (tertiary/aromatic N) is 1. The predicted octanol–water partition coefficient (Wildman–Crippen LogP) is 9.04. The quantitative estimate of drug-likeness (QED) is 0.0258. The van der Waals surface area contributed by atoms with Crippen LogP contribution in [0.5, 0.6) is 5.75 Å². The van der Waals surface area contributed by atoms with Gasteiger partial charge in [-0.2, -0.15) is 0 Å². The lowest BCUT2D eigenvalue weighted by molar-refractivity contribution is -0.923. The van der Waals surface area contributed by atoms with E-state index in [1.54, 1.807) is 24.3 Å². The number of aliphatic hydroxyl groups excluding tert-OH is 2. The summed E-state index contributed by atoms with van der Waals surface area (Å²) in [7, 11) is -1.36. The molecule has 5 fully saturated rings. The number of ether oxygens (including phenoxy) is 4. The number of aliphatic hydroxyl groups is 2. The van der Waals surface area contributed by atoms with Crippen molar-refractivity contribution in [1.82, 2.24) is 5.32 Å². The van der Waals surface area contributed by atoms with Crippen molar-refractivity contribution in [3.05, 3.63) is 89.0 Å². The van der Waals surface area contributed by atoms with Crippen LogP contribution in [-0.2, 0) is 50.9 Å². The molecule has 1 saturated heterocycles. The first-order chi connectivity index (χ1) is 36.2. The van der Waals surface area contributed by atoms with Crippen LogP contribution < -0.4 is 9.84 Å². The Morgan fingerprint density at radius 3 is 2.39 bits per heavy atom. The number of unbranched alkanes of at least 4 members (excludes halogenated alkanes) is 4. The topological polar surface area (TPSA) is 207 Å². The first kappa shape index (κ1) is 58.5. The maximum absolute atomic E-state index is 15.3. The van der Waals surface area contributed by atoms with E-state index in [2.05, 4.69) is 43.4 Å². The van der Waals surface area contributed by atoms with Gasteiger partial charge in [0, 0.05) is 53.9 Å². The van der Waals surface area contributed by atoms with E-state index in [4.69, 9.17) is 23.5 Å². The molecule has 420 valence electrons. The first-order valence-corrected chi connectivity index (χ1v) is 30.1. The fourth-order valence-electron chi connectivity index (χ4n) is 15.0. The van der Waals surface area contributed by atoms with Crippen molar-refractivity contribution >= 4 is 25.4 Å². The van der Waals surface area contributed by atoms with Crippen molar-refractivity contribution in [2.45, 2.75) is 173 Å². The molecule has 5 N–H and O–H groups in total. The number of Topliss-reactive ketones (excluding diaryl/α,β-unsaturated/α-hetero) is 1. The fraction of sp³-hybridized carbons (Fsp3) is 0.683. The number of allylic oxidation sites excluding steroid dienone is 4. The van der Waals surface area contributed by atoms with Gasteiger partial charge >= 0.3 is 13.8 Å². The van der Waals surface area contributed by atoms with Crippen molar-refractivity contribution in [2.24, 2.45) is 40.4 Å². The number of carbonyl (C=O) groups is 3. The van der Waals surface area contributed by atoms with Crippen LogP contribution in [0.15, 0.2) is 72.3 Å². The molecule has 0 bridgehead atoms. The molecule has 6 aliphatic rings. The van der Waals surface area contributed by atoms with E-state index >= 15 is 4.79 Å². The van der Waals surface area contributed by atoms with Gasteiger partial charge in [-0.1, -0.05) is 108 Å². The maximum Gasteiger partial charge on any atom is 0.524 e. The van der Waals surface area contributed by atoms with Gasteiger partial charge in [0.25, 0.3) is 0 Å². The number of ketones is 2. The zero-order valence-corrected chi connectivity index (χ0v) is 46.9. The number of hydrogen-bond donors (Lipinski definition) is 5. The Bertz CT molecular complexity index is 2440. The van der Waals surface area contributed by atoms with Gasteiger partial charge in [-0.25, -0.2) is 9.36 Å². The van der Waals surface area contributed by atoms with Crippen LogP contribution >= 0.6 is 7.82 Å². The molecule has 15 nitrogen and oxygen atoms in total. The van der Waals surface area contributed by atoms with Gasteiger partial charge in [-0.3, -0.25) is 19.4 Å². The molecule has 16 heteroatoms. The SMILES string of the molecule is CC(C)C(C(=O)OCC(=O)[C@@]12O[C@H](C3CCCCC3)O[C@H]1CC1C3CCC4=CC(=O)C=C[C@]4(C)C3C(O)C[C@@]12C)[N+](C)(C)Cc1cc(C(O)CNCCCCCCOCCCCc2ccccc2)ccc1OP(=O)(O)O. The minimum Gasteiger partial charge on any atom is -0.453 e. The predicted molar refractivity (Wildman–Crippen MR) is 288 cm³/mol. The minimum atomic E-state index is -5.00. The van der Waals surface area contributed by atoms with Gasteiger partial charge < -0.3 is 43.5 Å². The Labute approximate surface area is 451 Å². The summed E-state index contributed by atoms with van der Waals surface area (Å²) in [6.45, 7) is 9.95. The Morgan fingerprint density at radius 1 is 0.947 bits per heavy atom. The third-order valence-electron chi connectivity index (χ3n) is 18.5. The van der Waals surface area contributed by atoms with Crippen LogP contribution in [0.25, 0.3) is 0 Å². The Hall–Kier alpha value is -3.60. The summed E-state index contributed by atoms with van der Waals surface area (Å²) in [6.07, 6.45) is 17.1. The molecule has 2 aromatic rings. The number of fused-ring (bicyclic) bond motifs is 7. The Balaban J connectivity index is 0.895. The summed E-state index contributed by atoms with van der Waals surface area (Å²) in [5.74, 6) is -1.46. The van der Waals surface area contributed by atoms with E-state index in [0.717, 1.165) is 109 Å². The largest absolute Gasteiger partial charge is 0.524 e. The second-order valence-corrected chi connectivity index (χ2v) is 25.7. The van der Waals surface area contributed by atoms with Crippen molar-refractivity contribution in [3.8, 4) is 5.75 Å². The number of rotatable bonds is 26. The first-order valence-electron chi connectivity index (χ1n) is 28.5. The number of benzene rings is 2. The highest BCUT2D eigenvalue weighted by Gasteiger charge is 2.76. The highest BCUT2D eigenvalue weighted by Crippen LogP contribution is 2.70. The van der Waals surface area contributed by atoms with Gasteiger partial charge in [-0.05, 0) is 124 Å². The third-order valence-corrected chi connectivity index (χ3v) is 19.0. The number of hydrogen-bond acceptors (Lipinski definition) is 12. The van der Waals surface area contributed by atoms with Gasteiger partial charge in [-0.15, -0.1) is 0 Å². The van der Waals surface area contributed by atoms with Crippen LogP contribution in [0, 0.1) is 40.4 Å². The number of aryl methyl sites for hydroxylation is 1. The summed E-state index contributed by atoms with van der Waals surface area (Å²) in [6, 6.07) is 14.3. The van der Waals surface area contributed by atoms with Crippen molar-refractivity contribution in [1.29, 1.82) is 0 Å². The third kappa shape index (κ3) is 12.9. The lowest BCUT2D eigenvalue weighted by Crippen LogP contribution is -2.64.